The molecule has 0 radical (unpaired) electrons. The molecule has 0 spiro atoms. The summed E-state index contributed by atoms with van der Waals surface area (Å²) in [6.07, 6.45) is 2.41. The third-order valence-corrected chi connectivity index (χ3v) is 4.73. The molecule has 3 rings (SSSR count). The van der Waals surface area contributed by atoms with Crippen LogP contribution in [0.3, 0.4) is 0 Å². The third kappa shape index (κ3) is 3.35. The van der Waals surface area contributed by atoms with E-state index in [-0.39, 0.29) is 0 Å². The fourth-order valence-electron chi connectivity index (χ4n) is 2.78. The molecule has 2 nitrogen and oxygen atoms in total. The summed E-state index contributed by atoms with van der Waals surface area (Å²) in [5, 5.41) is 4.16. The van der Waals surface area contributed by atoms with E-state index >= 15 is 0 Å². The van der Waals surface area contributed by atoms with E-state index < -0.39 is 0 Å². The summed E-state index contributed by atoms with van der Waals surface area (Å²) < 4.78 is 1.03. The van der Waals surface area contributed by atoms with Crippen LogP contribution in [0.1, 0.15) is 17.5 Å². The van der Waals surface area contributed by atoms with Gasteiger partial charge in [0, 0.05) is 30.3 Å². The maximum Gasteiger partial charge on any atom is 0.0638 e. The predicted octanol–water partition coefficient (Wildman–Crippen LogP) is 5.10. The quantitative estimate of drug-likeness (QED) is 0.814. The molecule has 0 aliphatic carbocycles. The Kier molecular flexibility index (Phi) is 4.41. The standard InChI is InChI=1S/C17H18BrClN2/c1-21-8-2-3-13-9-12(4-7-17(13)21)11-20-16-10-14(18)5-6-15(16)19/h4-7,9-10,20H,2-3,8,11H2,1H3. The molecule has 0 fully saturated rings. The highest BCUT2D eigenvalue weighted by Gasteiger charge is 2.13. The molecule has 110 valence electrons. The zero-order valence-corrected chi connectivity index (χ0v) is 14.3. The van der Waals surface area contributed by atoms with Crippen molar-refractivity contribution in [3.8, 4) is 0 Å². The van der Waals surface area contributed by atoms with Gasteiger partial charge in [0.2, 0.25) is 0 Å². The summed E-state index contributed by atoms with van der Waals surface area (Å²) in [5.74, 6) is 0. The second-order valence-electron chi connectivity index (χ2n) is 5.47. The maximum atomic E-state index is 6.21. The number of anilines is 2. The van der Waals surface area contributed by atoms with Crippen molar-refractivity contribution >= 4 is 38.9 Å². The minimum atomic E-state index is 0.746. The Morgan fingerprint density at radius 1 is 1.24 bits per heavy atom. The molecule has 0 unspecified atom stereocenters. The van der Waals surface area contributed by atoms with E-state index in [0.29, 0.717) is 0 Å². The second kappa shape index (κ2) is 6.29. The van der Waals surface area contributed by atoms with Crippen LogP contribution >= 0.6 is 27.5 Å². The molecule has 2 aromatic carbocycles. The van der Waals surface area contributed by atoms with Crippen molar-refractivity contribution in [1.82, 2.24) is 0 Å². The van der Waals surface area contributed by atoms with Crippen LogP contribution in [0.15, 0.2) is 40.9 Å². The monoisotopic (exact) mass is 364 g/mol. The molecule has 21 heavy (non-hydrogen) atoms. The number of fused-ring (bicyclic) bond motifs is 1. The van der Waals surface area contributed by atoms with E-state index in [1.807, 2.05) is 18.2 Å². The lowest BCUT2D eigenvalue weighted by atomic mass is 9.99. The lowest BCUT2D eigenvalue weighted by Crippen LogP contribution is -2.24. The summed E-state index contributed by atoms with van der Waals surface area (Å²) in [6.45, 7) is 1.94. The average Bonchev–Trinajstić information content (AvgIpc) is 2.48. The molecule has 0 atom stereocenters. The van der Waals surface area contributed by atoms with Gasteiger partial charge in [0.15, 0.2) is 0 Å². The number of hydrogen-bond acceptors (Lipinski definition) is 2. The Hall–Kier alpha value is -1.19. The van der Waals surface area contributed by atoms with Crippen LogP contribution in [0, 0.1) is 0 Å². The van der Waals surface area contributed by atoms with Crippen LogP contribution in [0.4, 0.5) is 11.4 Å². The van der Waals surface area contributed by atoms with Gasteiger partial charge >= 0.3 is 0 Å². The second-order valence-corrected chi connectivity index (χ2v) is 6.79. The maximum absolute atomic E-state index is 6.21. The molecule has 2 aromatic rings. The van der Waals surface area contributed by atoms with Crippen LogP contribution in [0.2, 0.25) is 5.02 Å². The topological polar surface area (TPSA) is 15.3 Å². The van der Waals surface area contributed by atoms with E-state index in [4.69, 9.17) is 11.6 Å². The molecular weight excluding hydrogens is 348 g/mol. The molecule has 0 bridgehead atoms. The van der Waals surface area contributed by atoms with E-state index in [0.717, 1.165) is 28.3 Å². The molecule has 0 amide bonds. The number of rotatable bonds is 3. The van der Waals surface area contributed by atoms with Crippen LogP contribution in [0.25, 0.3) is 0 Å². The van der Waals surface area contributed by atoms with Gasteiger partial charge in [0.1, 0.15) is 0 Å². The minimum absolute atomic E-state index is 0.746. The Balaban J connectivity index is 1.75. The number of aryl methyl sites for hydroxylation is 1. The first kappa shape index (κ1) is 14.7. The highest BCUT2D eigenvalue weighted by Crippen LogP contribution is 2.29. The molecule has 0 saturated heterocycles. The SMILES string of the molecule is CN1CCCc2cc(CNc3cc(Br)ccc3Cl)ccc21. The number of hydrogen-bond donors (Lipinski definition) is 1. The highest BCUT2D eigenvalue weighted by molar-refractivity contribution is 9.10. The van der Waals surface area contributed by atoms with Crippen molar-refractivity contribution in [1.29, 1.82) is 0 Å². The van der Waals surface area contributed by atoms with E-state index in [1.54, 1.807) is 0 Å². The zero-order valence-electron chi connectivity index (χ0n) is 12.0. The van der Waals surface area contributed by atoms with Crippen molar-refractivity contribution < 1.29 is 0 Å². The van der Waals surface area contributed by atoms with Gasteiger partial charge in [-0.2, -0.15) is 0 Å². The Labute approximate surface area is 139 Å². The van der Waals surface area contributed by atoms with Gasteiger partial charge < -0.3 is 10.2 Å². The van der Waals surface area contributed by atoms with E-state index in [9.17, 15) is 0 Å². The number of nitrogens with one attached hydrogen (secondary N) is 1. The highest BCUT2D eigenvalue weighted by atomic mass is 79.9. The Morgan fingerprint density at radius 2 is 2.10 bits per heavy atom. The van der Waals surface area contributed by atoms with Gasteiger partial charge in [-0.15, -0.1) is 0 Å². The summed E-state index contributed by atoms with van der Waals surface area (Å²) in [4.78, 5) is 2.33. The van der Waals surface area contributed by atoms with E-state index in [1.165, 1.54) is 29.7 Å². The number of halogens is 2. The zero-order chi connectivity index (χ0) is 14.8. The molecule has 4 heteroatoms. The number of nitrogens with zero attached hydrogens (tertiary/aromatic N) is 1. The first-order valence-electron chi connectivity index (χ1n) is 7.15. The van der Waals surface area contributed by atoms with Gasteiger partial charge in [0.25, 0.3) is 0 Å². The number of benzene rings is 2. The summed E-state index contributed by atoms with van der Waals surface area (Å²) >= 11 is 9.68. The first-order chi connectivity index (χ1) is 10.1. The lowest BCUT2D eigenvalue weighted by molar-refractivity contribution is 0.743. The van der Waals surface area contributed by atoms with Gasteiger partial charge in [-0.25, -0.2) is 0 Å². The van der Waals surface area contributed by atoms with Gasteiger partial charge in [-0.3, -0.25) is 0 Å². The Morgan fingerprint density at radius 3 is 2.95 bits per heavy atom. The summed E-state index contributed by atoms with van der Waals surface area (Å²) in [6, 6.07) is 12.6. The van der Waals surface area contributed by atoms with Crippen molar-refractivity contribution in [2.45, 2.75) is 19.4 Å². The predicted molar refractivity (Wildman–Crippen MR) is 94.5 cm³/mol. The molecule has 1 heterocycles. The smallest absolute Gasteiger partial charge is 0.0638 e. The molecule has 1 N–H and O–H groups in total. The molecule has 0 aromatic heterocycles. The minimum Gasteiger partial charge on any atom is -0.380 e. The lowest BCUT2D eigenvalue weighted by Gasteiger charge is -2.28. The van der Waals surface area contributed by atoms with Gasteiger partial charge in [-0.1, -0.05) is 39.7 Å². The summed E-state index contributed by atoms with van der Waals surface area (Å²) in [5.41, 5.74) is 5.06. The first-order valence-corrected chi connectivity index (χ1v) is 8.32. The van der Waals surface area contributed by atoms with Gasteiger partial charge in [-0.05, 0) is 48.2 Å². The van der Waals surface area contributed by atoms with E-state index in [2.05, 4.69) is 51.4 Å². The molecule has 0 saturated carbocycles. The molecular formula is C17H18BrClN2. The van der Waals surface area contributed by atoms with Crippen LogP contribution in [-0.2, 0) is 13.0 Å². The third-order valence-electron chi connectivity index (χ3n) is 3.91. The fourth-order valence-corrected chi connectivity index (χ4v) is 3.32. The van der Waals surface area contributed by atoms with Crippen molar-refractivity contribution in [3.63, 3.8) is 0 Å². The fraction of sp³-hybridized carbons (Fsp3) is 0.294. The van der Waals surface area contributed by atoms with Crippen molar-refractivity contribution in [2.24, 2.45) is 0 Å². The van der Waals surface area contributed by atoms with Crippen LogP contribution in [-0.4, -0.2) is 13.6 Å². The summed E-state index contributed by atoms with van der Waals surface area (Å²) in [7, 11) is 2.16. The largest absolute Gasteiger partial charge is 0.380 e. The van der Waals surface area contributed by atoms with Crippen molar-refractivity contribution in [2.75, 3.05) is 23.8 Å². The van der Waals surface area contributed by atoms with Crippen LogP contribution < -0.4 is 10.2 Å². The van der Waals surface area contributed by atoms with Crippen molar-refractivity contribution in [3.05, 3.63) is 57.0 Å². The molecule has 1 aliphatic rings. The average molecular weight is 366 g/mol. The Bertz CT molecular complexity index is 657. The molecule has 1 aliphatic heterocycles. The van der Waals surface area contributed by atoms with Gasteiger partial charge in [0.05, 0.1) is 10.7 Å². The normalized spacial score (nSPS) is 14.0. The van der Waals surface area contributed by atoms with Crippen LogP contribution in [0.5, 0.6) is 0 Å².